The van der Waals surface area contributed by atoms with Gasteiger partial charge in [-0.25, -0.2) is 14.5 Å². The van der Waals surface area contributed by atoms with Gasteiger partial charge in [0.1, 0.15) is 11.3 Å². The Morgan fingerprint density at radius 3 is 2.66 bits per heavy atom. The molecule has 4 aromatic rings. The van der Waals surface area contributed by atoms with E-state index in [0.717, 1.165) is 52.3 Å². The number of hydrogen-bond donors (Lipinski definition) is 2. The van der Waals surface area contributed by atoms with Gasteiger partial charge < -0.3 is 20.1 Å². The number of fused-ring (bicyclic) bond motifs is 2. The summed E-state index contributed by atoms with van der Waals surface area (Å²) in [6.45, 7) is 8.33. The first-order valence-electron chi connectivity index (χ1n) is 12.0. The van der Waals surface area contributed by atoms with Crippen molar-refractivity contribution in [3.63, 3.8) is 0 Å². The highest BCUT2D eigenvalue weighted by Crippen LogP contribution is 2.43. The van der Waals surface area contributed by atoms with Crippen LogP contribution in [0.25, 0.3) is 27.8 Å². The molecule has 0 atom stereocenters. The Balaban J connectivity index is 1.47. The molecule has 5 rings (SSSR count). The van der Waals surface area contributed by atoms with Crippen molar-refractivity contribution in [3.05, 3.63) is 30.4 Å². The van der Waals surface area contributed by atoms with Gasteiger partial charge >= 0.3 is 0 Å². The molecular weight excluding hydrogens is 442 g/mol. The predicted molar refractivity (Wildman–Crippen MR) is 138 cm³/mol. The van der Waals surface area contributed by atoms with Crippen LogP contribution in [0, 0.1) is 12.3 Å². The molecule has 0 saturated heterocycles. The van der Waals surface area contributed by atoms with Crippen LogP contribution < -0.4 is 10.6 Å². The summed E-state index contributed by atoms with van der Waals surface area (Å²) in [6, 6.07) is 4.62. The molecule has 4 aromatic heterocycles. The standard InChI is InChI=1S/C25H33N9O/c1-14(2)34-15(3)28-21-19(34)10-16(13-27-21)18-8-9-33-20(18)22(26-5)30-24(31-33)29-17-11-25(4,12-17)23(35)32(6)7/h8-10,13-14,17H,11-12H2,1-7H3,(H2,26,29,30,31). The molecule has 1 aliphatic carbocycles. The lowest BCUT2D eigenvalue weighted by Gasteiger charge is -2.45. The molecule has 10 heteroatoms. The highest BCUT2D eigenvalue weighted by atomic mass is 16.2. The zero-order valence-electron chi connectivity index (χ0n) is 21.4. The van der Waals surface area contributed by atoms with Crippen LogP contribution in [0.3, 0.4) is 0 Å². The molecule has 0 unspecified atom stereocenters. The molecule has 0 aliphatic heterocycles. The van der Waals surface area contributed by atoms with Crippen molar-refractivity contribution in [2.24, 2.45) is 5.41 Å². The fourth-order valence-electron chi connectivity index (χ4n) is 5.41. The third kappa shape index (κ3) is 3.77. The summed E-state index contributed by atoms with van der Waals surface area (Å²) in [4.78, 5) is 28.1. The van der Waals surface area contributed by atoms with E-state index in [0.29, 0.717) is 5.95 Å². The van der Waals surface area contributed by atoms with E-state index in [9.17, 15) is 4.79 Å². The molecule has 0 radical (unpaired) electrons. The van der Waals surface area contributed by atoms with Gasteiger partial charge in [-0.15, -0.1) is 5.10 Å². The first kappa shape index (κ1) is 23.1. The summed E-state index contributed by atoms with van der Waals surface area (Å²) in [5.74, 6) is 2.38. The number of pyridine rings is 1. The Labute approximate surface area is 204 Å². The Morgan fingerprint density at radius 2 is 2.00 bits per heavy atom. The van der Waals surface area contributed by atoms with Gasteiger partial charge in [-0.3, -0.25) is 4.79 Å². The zero-order chi connectivity index (χ0) is 25.1. The second-order valence-corrected chi connectivity index (χ2v) is 10.3. The van der Waals surface area contributed by atoms with E-state index in [-0.39, 0.29) is 23.4 Å². The Hall–Kier alpha value is -3.69. The van der Waals surface area contributed by atoms with Crippen molar-refractivity contribution < 1.29 is 4.79 Å². The summed E-state index contributed by atoms with van der Waals surface area (Å²) in [6.07, 6.45) is 5.31. The third-order valence-corrected chi connectivity index (χ3v) is 6.95. The highest BCUT2D eigenvalue weighted by molar-refractivity contribution is 5.91. The number of carbonyl (C=O) groups excluding carboxylic acids is 1. The zero-order valence-corrected chi connectivity index (χ0v) is 21.4. The molecule has 0 bridgehead atoms. The van der Waals surface area contributed by atoms with Gasteiger partial charge in [0.05, 0.1) is 10.9 Å². The SMILES string of the molecule is CNc1nc(NC2CC(C)(C(=O)N(C)C)C2)nn2ccc(-c3cnc4nc(C)n(C(C)C)c4c3)c12. The maximum atomic E-state index is 12.4. The van der Waals surface area contributed by atoms with Crippen LogP contribution in [0.2, 0.25) is 0 Å². The molecule has 10 nitrogen and oxygen atoms in total. The number of rotatable bonds is 6. The van der Waals surface area contributed by atoms with Crippen LogP contribution in [0.1, 0.15) is 45.5 Å². The largest absolute Gasteiger partial charge is 0.371 e. The minimum atomic E-state index is -0.329. The number of carbonyl (C=O) groups is 1. The minimum absolute atomic E-state index is 0.159. The number of nitrogens with one attached hydrogen (secondary N) is 2. The Morgan fingerprint density at radius 1 is 1.26 bits per heavy atom. The van der Waals surface area contributed by atoms with Crippen LogP contribution >= 0.6 is 0 Å². The molecule has 4 heterocycles. The molecule has 0 spiro atoms. The molecule has 1 aliphatic rings. The first-order valence-corrected chi connectivity index (χ1v) is 12.0. The summed E-state index contributed by atoms with van der Waals surface area (Å²) >= 11 is 0. The molecule has 35 heavy (non-hydrogen) atoms. The lowest BCUT2D eigenvalue weighted by Crippen LogP contribution is -2.52. The van der Waals surface area contributed by atoms with Gasteiger partial charge in [0, 0.05) is 56.7 Å². The van der Waals surface area contributed by atoms with E-state index in [1.165, 1.54) is 0 Å². The van der Waals surface area contributed by atoms with Crippen LogP contribution in [-0.4, -0.2) is 67.1 Å². The maximum Gasteiger partial charge on any atom is 0.243 e. The molecule has 2 N–H and O–H groups in total. The van der Waals surface area contributed by atoms with Crippen LogP contribution in [0.15, 0.2) is 24.5 Å². The first-order chi connectivity index (χ1) is 16.6. The monoisotopic (exact) mass is 475 g/mol. The number of hydrogen-bond acceptors (Lipinski definition) is 7. The van der Waals surface area contributed by atoms with Crippen LogP contribution in [0.4, 0.5) is 11.8 Å². The van der Waals surface area contributed by atoms with Crippen molar-refractivity contribution in [3.8, 4) is 11.1 Å². The van der Waals surface area contributed by atoms with Crippen molar-refractivity contribution in [2.45, 2.75) is 52.6 Å². The van der Waals surface area contributed by atoms with Gasteiger partial charge in [-0.2, -0.15) is 4.98 Å². The molecule has 1 fully saturated rings. The predicted octanol–water partition coefficient (Wildman–Crippen LogP) is 3.74. The molecule has 0 aromatic carbocycles. The van der Waals surface area contributed by atoms with Crippen molar-refractivity contribution in [1.29, 1.82) is 0 Å². The van der Waals surface area contributed by atoms with Gasteiger partial charge in [0.25, 0.3) is 0 Å². The third-order valence-electron chi connectivity index (χ3n) is 6.95. The summed E-state index contributed by atoms with van der Waals surface area (Å²) < 4.78 is 4.05. The van der Waals surface area contributed by atoms with Gasteiger partial charge in [-0.1, -0.05) is 6.92 Å². The van der Waals surface area contributed by atoms with E-state index < -0.39 is 0 Å². The Bertz CT molecular complexity index is 1430. The lowest BCUT2D eigenvalue weighted by molar-refractivity contribution is -0.143. The van der Waals surface area contributed by atoms with Gasteiger partial charge in [0.2, 0.25) is 11.9 Å². The van der Waals surface area contributed by atoms with Gasteiger partial charge in [0.15, 0.2) is 11.5 Å². The fourth-order valence-corrected chi connectivity index (χ4v) is 5.41. The number of anilines is 2. The van der Waals surface area contributed by atoms with Crippen molar-refractivity contribution in [1.82, 2.24) is 34.0 Å². The highest BCUT2D eigenvalue weighted by Gasteiger charge is 2.47. The van der Waals surface area contributed by atoms with E-state index in [2.05, 4.69) is 45.1 Å². The Kier molecular flexibility index (Phi) is 5.41. The molecule has 184 valence electrons. The van der Waals surface area contributed by atoms with Gasteiger partial charge in [-0.05, 0) is 45.7 Å². The summed E-state index contributed by atoms with van der Waals surface area (Å²) in [5, 5.41) is 11.4. The average Bonchev–Trinajstić information content (AvgIpc) is 3.36. The van der Waals surface area contributed by atoms with Crippen LogP contribution in [0.5, 0.6) is 0 Å². The van der Waals surface area contributed by atoms with Crippen molar-refractivity contribution >= 4 is 34.4 Å². The minimum Gasteiger partial charge on any atom is -0.371 e. The van der Waals surface area contributed by atoms with E-state index in [1.54, 1.807) is 19.0 Å². The maximum absolute atomic E-state index is 12.4. The summed E-state index contributed by atoms with van der Waals surface area (Å²) in [5.41, 5.74) is 4.30. The van der Waals surface area contributed by atoms with Crippen molar-refractivity contribution in [2.75, 3.05) is 31.8 Å². The number of aromatic nitrogens is 6. The normalized spacial score (nSPS) is 19.8. The smallest absolute Gasteiger partial charge is 0.243 e. The molecular formula is C25H33N9O. The average molecular weight is 476 g/mol. The number of imidazole rings is 1. The van der Waals surface area contributed by atoms with Crippen LogP contribution in [-0.2, 0) is 4.79 Å². The van der Waals surface area contributed by atoms with E-state index in [4.69, 9.17) is 10.1 Å². The molecule has 1 saturated carbocycles. The molecule has 1 amide bonds. The number of nitrogens with zero attached hydrogens (tertiary/aromatic N) is 7. The second kappa shape index (κ2) is 8.21. The quantitative estimate of drug-likeness (QED) is 0.438. The topological polar surface area (TPSA) is 105 Å². The van der Waals surface area contributed by atoms with E-state index in [1.807, 2.05) is 43.9 Å². The van der Waals surface area contributed by atoms with E-state index >= 15 is 0 Å². The lowest BCUT2D eigenvalue weighted by atomic mass is 9.66. The number of amides is 1. The second-order valence-electron chi connectivity index (χ2n) is 10.3. The summed E-state index contributed by atoms with van der Waals surface area (Å²) in [7, 11) is 5.47. The number of aryl methyl sites for hydroxylation is 1. The fraction of sp³-hybridized carbons (Fsp3) is 0.480.